The molecule has 0 saturated carbocycles. The second kappa shape index (κ2) is 16.0. The molecule has 30 heavy (non-hydrogen) atoms. The zero-order chi connectivity index (χ0) is 22.2. The van der Waals surface area contributed by atoms with Crippen molar-refractivity contribution in [2.45, 2.75) is 127 Å². The first kappa shape index (κ1) is 27.3. The van der Waals surface area contributed by atoms with Crippen molar-refractivity contribution < 1.29 is 34.7 Å². The van der Waals surface area contributed by atoms with Gasteiger partial charge < -0.3 is 29.9 Å². The summed E-state index contributed by atoms with van der Waals surface area (Å²) in [6, 6.07) is 0. The fourth-order valence-electron chi connectivity index (χ4n) is 3.99. The molecule has 4 atom stereocenters. The van der Waals surface area contributed by atoms with E-state index < -0.39 is 36.7 Å². The molecule has 4 unspecified atom stereocenters. The van der Waals surface area contributed by atoms with Gasteiger partial charge in [-0.1, -0.05) is 90.4 Å². The van der Waals surface area contributed by atoms with Gasteiger partial charge in [-0.25, -0.2) is 4.79 Å². The lowest BCUT2D eigenvalue weighted by Crippen LogP contribution is -2.61. The maximum absolute atomic E-state index is 11.7. The van der Waals surface area contributed by atoms with Gasteiger partial charge in [0.1, 0.15) is 12.2 Å². The minimum Gasteiger partial charge on any atom is -0.479 e. The van der Waals surface area contributed by atoms with Crippen LogP contribution in [0.2, 0.25) is 0 Å². The Balaban J connectivity index is 2.20. The number of hydrogen-bond donors (Lipinski definition) is 4. The van der Waals surface area contributed by atoms with Crippen LogP contribution < -0.4 is 0 Å². The van der Waals surface area contributed by atoms with Crippen LogP contribution in [0, 0.1) is 0 Å². The Labute approximate surface area is 181 Å². The van der Waals surface area contributed by atoms with Crippen LogP contribution in [0.5, 0.6) is 0 Å². The molecule has 0 amide bonds. The molecule has 1 saturated heterocycles. The average Bonchev–Trinajstić information content (AvgIpc) is 2.69. The van der Waals surface area contributed by atoms with E-state index in [-0.39, 0.29) is 0 Å². The monoisotopic (exact) mass is 432 g/mol. The van der Waals surface area contributed by atoms with E-state index in [1.165, 1.54) is 64.2 Å². The van der Waals surface area contributed by atoms with Crippen molar-refractivity contribution in [3.8, 4) is 0 Å². The number of aliphatic carboxylic acids is 1. The minimum absolute atomic E-state index is 0.313. The maximum Gasteiger partial charge on any atom is 0.338 e. The summed E-state index contributed by atoms with van der Waals surface area (Å²) in [5.41, 5.74) is -1.46. The molecule has 4 N–H and O–H groups in total. The molecule has 1 aliphatic rings. The summed E-state index contributed by atoms with van der Waals surface area (Å²) in [7, 11) is 0. The number of aliphatic hydroxyl groups excluding tert-OH is 3. The molecule has 1 rings (SSSR count). The van der Waals surface area contributed by atoms with Gasteiger partial charge in [-0.15, -0.1) is 0 Å². The van der Waals surface area contributed by atoms with E-state index in [1.807, 2.05) is 0 Å². The van der Waals surface area contributed by atoms with Crippen LogP contribution in [-0.4, -0.2) is 63.7 Å². The Hall–Kier alpha value is -0.730. The van der Waals surface area contributed by atoms with Crippen LogP contribution in [0.15, 0.2) is 0 Å². The third-order valence-electron chi connectivity index (χ3n) is 6.10. The van der Waals surface area contributed by atoms with Crippen molar-refractivity contribution in [1.29, 1.82) is 0 Å². The summed E-state index contributed by atoms with van der Waals surface area (Å²) < 4.78 is 10.8. The number of aliphatic hydroxyl groups is 3. The van der Waals surface area contributed by atoms with Crippen LogP contribution in [0.25, 0.3) is 0 Å². The molecule has 7 heteroatoms. The van der Waals surface area contributed by atoms with Gasteiger partial charge in [0.05, 0.1) is 13.2 Å². The van der Waals surface area contributed by atoms with Gasteiger partial charge in [0.2, 0.25) is 0 Å². The number of ether oxygens (including phenoxy) is 2. The van der Waals surface area contributed by atoms with Crippen molar-refractivity contribution in [2.75, 3.05) is 13.2 Å². The fourth-order valence-corrected chi connectivity index (χ4v) is 3.99. The van der Waals surface area contributed by atoms with E-state index >= 15 is 0 Å². The number of carboxylic acid groups (broad SMARTS) is 1. The normalized spacial score (nSPS) is 21.7. The number of unbranched alkanes of at least 4 members (excludes halogenated alkanes) is 12. The highest BCUT2D eigenvalue weighted by atomic mass is 16.6. The van der Waals surface area contributed by atoms with E-state index in [2.05, 4.69) is 6.92 Å². The second-order valence-corrected chi connectivity index (χ2v) is 8.59. The van der Waals surface area contributed by atoms with Crippen molar-refractivity contribution in [2.24, 2.45) is 0 Å². The third kappa shape index (κ3) is 9.60. The first-order valence-corrected chi connectivity index (χ1v) is 12.0. The lowest BCUT2D eigenvalue weighted by atomic mass is 9.85. The Bertz CT molecular complexity index is 439. The zero-order valence-electron chi connectivity index (χ0n) is 18.8. The first-order chi connectivity index (χ1) is 14.5. The van der Waals surface area contributed by atoms with Crippen LogP contribution in [-0.2, 0) is 14.3 Å². The van der Waals surface area contributed by atoms with Gasteiger partial charge >= 0.3 is 5.97 Å². The van der Waals surface area contributed by atoms with Gasteiger partial charge in [0, 0.05) is 6.42 Å². The van der Waals surface area contributed by atoms with Crippen LogP contribution in [0.3, 0.4) is 0 Å². The number of rotatable bonds is 20. The number of carbonyl (C=O) groups is 1. The van der Waals surface area contributed by atoms with E-state index in [9.17, 15) is 20.1 Å². The quantitative estimate of drug-likeness (QED) is 0.171. The van der Waals surface area contributed by atoms with E-state index in [0.29, 0.717) is 19.4 Å². The molecule has 178 valence electrons. The van der Waals surface area contributed by atoms with E-state index in [4.69, 9.17) is 14.6 Å². The minimum atomic E-state index is -1.64. The lowest BCUT2D eigenvalue weighted by Gasteiger charge is -2.44. The predicted octanol–water partition coefficient (Wildman–Crippen LogP) is 3.77. The maximum atomic E-state index is 11.7. The summed E-state index contributed by atoms with van der Waals surface area (Å²) >= 11 is 0. The highest BCUT2D eigenvalue weighted by Gasteiger charge is 2.54. The van der Waals surface area contributed by atoms with Crippen molar-refractivity contribution >= 4 is 5.97 Å². The average molecular weight is 433 g/mol. The topological polar surface area (TPSA) is 116 Å². The molecule has 0 spiro atoms. The predicted molar refractivity (Wildman–Crippen MR) is 115 cm³/mol. The van der Waals surface area contributed by atoms with Crippen molar-refractivity contribution in [1.82, 2.24) is 0 Å². The molecule has 0 aromatic carbocycles. The summed E-state index contributed by atoms with van der Waals surface area (Å²) in [6.45, 7) is 1.92. The van der Waals surface area contributed by atoms with Gasteiger partial charge in [0.25, 0.3) is 0 Å². The summed E-state index contributed by atoms with van der Waals surface area (Å²) in [4.78, 5) is 11.7. The summed E-state index contributed by atoms with van der Waals surface area (Å²) in [5.74, 6) is -1.11. The molecular formula is C23H44O7. The van der Waals surface area contributed by atoms with Crippen LogP contribution in [0.1, 0.15) is 103 Å². The SMILES string of the molecule is CCCCCCCCCCCCCCCC(OC(O)C(O)CO)C1(C(=O)O)CCO1. The smallest absolute Gasteiger partial charge is 0.338 e. The van der Waals surface area contributed by atoms with Crippen molar-refractivity contribution in [3.05, 3.63) is 0 Å². The van der Waals surface area contributed by atoms with Crippen LogP contribution >= 0.6 is 0 Å². The highest BCUT2D eigenvalue weighted by molar-refractivity contribution is 5.79. The summed E-state index contributed by atoms with van der Waals surface area (Å²) in [6.07, 6.45) is 12.7. The molecule has 0 bridgehead atoms. The van der Waals surface area contributed by atoms with Gasteiger partial charge in [-0.05, 0) is 6.42 Å². The Morgan fingerprint density at radius 2 is 1.40 bits per heavy atom. The van der Waals surface area contributed by atoms with Gasteiger partial charge in [-0.2, -0.15) is 0 Å². The Morgan fingerprint density at radius 1 is 0.933 bits per heavy atom. The largest absolute Gasteiger partial charge is 0.479 e. The molecular weight excluding hydrogens is 388 g/mol. The molecule has 1 aliphatic heterocycles. The standard InChI is InChI=1S/C23H44O7/c1-2-3-4-5-6-7-8-9-10-11-12-13-14-15-20(30-21(26)19(25)18-24)23(22(27)28)16-17-29-23/h19-21,24-26H,2-18H2,1H3,(H,27,28). The van der Waals surface area contributed by atoms with E-state index in [0.717, 1.165) is 19.3 Å². The lowest BCUT2D eigenvalue weighted by molar-refractivity contribution is -0.273. The molecule has 0 aliphatic carbocycles. The first-order valence-electron chi connectivity index (χ1n) is 12.0. The molecule has 7 nitrogen and oxygen atoms in total. The molecule has 0 radical (unpaired) electrons. The second-order valence-electron chi connectivity index (χ2n) is 8.59. The van der Waals surface area contributed by atoms with Gasteiger partial charge in [0.15, 0.2) is 11.9 Å². The fraction of sp³-hybridized carbons (Fsp3) is 0.957. The Kier molecular flexibility index (Phi) is 14.5. The Morgan fingerprint density at radius 3 is 1.77 bits per heavy atom. The highest BCUT2D eigenvalue weighted by Crippen LogP contribution is 2.35. The third-order valence-corrected chi connectivity index (χ3v) is 6.10. The molecule has 0 aromatic heterocycles. The van der Waals surface area contributed by atoms with Crippen LogP contribution in [0.4, 0.5) is 0 Å². The van der Waals surface area contributed by atoms with Crippen molar-refractivity contribution in [3.63, 3.8) is 0 Å². The molecule has 1 fully saturated rings. The summed E-state index contributed by atoms with van der Waals surface area (Å²) in [5, 5.41) is 37.9. The van der Waals surface area contributed by atoms with E-state index in [1.54, 1.807) is 0 Å². The number of carboxylic acids is 1. The van der Waals surface area contributed by atoms with Gasteiger partial charge in [-0.3, -0.25) is 0 Å². The molecule has 0 aromatic rings. The zero-order valence-corrected chi connectivity index (χ0v) is 18.8. The molecule has 1 heterocycles. The number of hydrogen-bond acceptors (Lipinski definition) is 6.